The van der Waals surface area contributed by atoms with Gasteiger partial charge in [0.25, 0.3) is 0 Å². The van der Waals surface area contributed by atoms with Crippen molar-refractivity contribution >= 4 is 21.1 Å². The lowest BCUT2D eigenvalue weighted by atomic mass is 10.1. The third-order valence-corrected chi connectivity index (χ3v) is 3.52. The molecule has 3 rings (SSSR count). The minimum Gasteiger partial charge on any atom is -0.456 e. The minimum absolute atomic E-state index is 0.131. The summed E-state index contributed by atoms with van der Waals surface area (Å²) in [6.07, 6.45) is 0.975. The van der Waals surface area contributed by atoms with Gasteiger partial charge in [0.05, 0.1) is 11.6 Å². The van der Waals surface area contributed by atoms with Crippen LogP contribution in [0.2, 0.25) is 0 Å². The molecule has 112 valence electrons. The van der Waals surface area contributed by atoms with Crippen LogP contribution in [-0.4, -0.2) is 14.7 Å². The fourth-order valence-electron chi connectivity index (χ4n) is 2.10. The molecule has 0 N–H and O–H groups in total. The molecule has 0 saturated heterocycles. The van der Waals surface area contributed by atoms with Gasteiger partial charge in [0.2, 0.25) is 0 Å². The van der Waals surface area contributed by atoms with Crippen molar-refractivity contribution in [3.63, 3.8) is 0 Å². The van der Waals surface area contributed by atoms with Gasteiger partial charge in [0.15, 0.2) is 5.43 Å². The summed E-state index contributed by atoms with van der Waals surface area (Å²) < 4.78 is 32.6. The molecule has 1 heterocycles. The Kier molecular flexibility index (Phi) is 3.46. The molecular formula is C16H12O5S. The van der Waals surface area contributed by atoms with Gasteiger partial charge in [-0.15, -0.1) is 0 Å². The normalized spacial score (nSPS) is 11.5. The lowest BCUT2D eigenvalue weighted by molar-refractivity contribution is 0.493. The Morgan fingerprint density at radius 3 is 2.36 bits per heavy atom. The Hall–Kier alpha value is -2.60. The Balaban J connectivity index is 2.03. The molecule has 0 aliphatic rings. The van der Waals surface area contributed by atoms with Gasteiger partial charge >= 0.3 is 10.1 Å². The molecule has 0 aliphatic heterocycles. The molecule has 0 amide bonds. The van der Waals surface area contributed by atoms with Gasteiger partial charge < -0.3 is 8.60 Å². The van der Waals surface area contributed by atoms with E-state index in [-0.39, 0.29) is 11.2 Å². The third-order valence-electron chi connectivity index (χ3n) is 3.02. The van der Waals surface area contributed by atoms with Gasteiger partial charge in [-0.2, -0.15) is 8.42 Å². The average molecular weight is 316 g/mol. The zero-order valence-electron chi connectivity index (χ0n) is 11.6. The minimum atomic E-state index is -3.56. The van der Waals surface area contributed by atoms with Gasteiger partial charge in [-0.05, 0) is 36.4 Å². The van der Waals surface area contributed by atoms with Crippen molar-refractivity contribution in [2.24, 2.45) is 0 Å². The molecule has 2 aromatic carbocycles. The Bertz CT molecular complexity index is 985. The summed E-state index contributed by atoms with van der Waals surface area (Å²) in [5.74, 6) is 0.615. The smallest absolute Gasteiger partial charge is 0.306 e. The first-order chi connectivity index (χ1) is 10.4. The van der Waals surface area contributed by atoms with Crippen molar-refractivity contribution in [1.29, 1.82) is 0 Å². The van der Waals surface area contributed by atoms with Gasteiger partial charge in [0.1, 0.15) is 17.1 Å². The second kappa shape index (κ2) is 5.31. The Labute approximate surface area is 126 Å². The van der Waals surface area contributed by atoms with Crippen molar-refractivity contribution < 1.29 is 17.0 Å². The van der Waals surface area contributed by atoms with E-state index in [2.05, 4.69) is 0 Å². The maximum atomic E-state index is 12.1. The lowest BCUT2D eigenvalue weighted by Gasteiger charge is -2.05. The maximum absolute atomic E-state index is 12.1. The number of fused-ring (bicyclic) bond motifs is 1. The number of benzene rings is 2. The molecule has 0 aliphatic carbocycles. The molecule has 5 nitrogen and oxygen atoms in total. The monoisotopic (exact) mass is 316 g/mol. The van der Waals surface area contributed by atoms with E-state index in [9.17, 15) is 13.2 Å². The number of para-hydroxylation sites is 1. The number of rotatable bonds is 3. The third kappa shape index (κ3) is 3.01. The van der Waals surface area contributed by atoms with Crippen LogP contribution in [0, 0.1) is 0 Å². The molecule has 0 saturated carbocycles. The van der Waals surface area contributed by atoms with Crippen molar-refractivity contribution in [2.75, 3.05) is 6.26 Å². The van der Waals surface area contributed by atoms with E-state index in [4.69, 9.17) is 8.60 Å². The van der Waals surface area contributed by atoms with Crippen LogP contribution in [0.3, 0.4) is 0 Å². The number of hydrogen-bond donors (Lipinski definition) is 0. The van der Waals surface area contributed by atoms with E-state index in [1.165, 1.54) is 18.2 Å². The summed E-state index contributed by atoms with van der Waals surface area (Å²) in [7, 11) is -3.56. The summed E-state index contributed by atoms with van der Waals surface area (Å²) in [4.78, 5) is 12.1. The van der Waals surface area contributed by atoms with Crippen LogP contribution in [0.15, 0.2) is 63.8 Å². The molecule has 0 radical (unpaired) electrons. The predicted molar refractivity (Wildman–Crippen MR) is 83.4 cm³/mol. The molecule has 0 spiro atoms. The highest BCUT2D eigenvalue weighted by Crippen LogP contribution is 2.24. The van der Waals surface area contributed by atoms with Crippen LogP contribution >= 0.6 is 0 Å². The zero-order chi connectivity index (χ0) is 15.7. The fraction of sp³-hybridized carbons (Fsp3) is 0.0625. The molecular weight excluding hydrogens is 304 g/mol. The van der Waals surface area contributed by atoms with E-state index in [0.717, 1.165) is 6.26 Å². The highest BCUT2D eigenvalue weighted by molar-refractivity contribution is 7.86. The highest BCUT2D eigenvalue weighted by atomic mass is 32.2. The summed E-state index contributed by atoms with van der Waals surface area (Å²) in [6.45, 7) is 0. The highest BCUT2D eigenvalue weighted by Gasteiger charge is 2.08. The van der Waals surface area contributed by atoms with Crippen LogP contribution in [0.1, 0.15) is 0 Å². The lowest BCUT2D eigenvalue weighted by Crippen LogP contribution is -2.05. The summed E-state index contributed by atoms with van der Waals surface area (Å²) in [5, 5.41) is 0.517. The molecule has 1 aromatic heterocycles. The van der Waals surface area contributed by atoms with Crippen LogP contribution in [0.4, 0.5) is 0 Å². The standard InChI is InChI=1S/C16H12O5S/c1-22(18,19)21-12-8-6-11(7-9-12)16-10-14(17)13-4-2-3-5-15(13)20-16/h2-10H,1H3. The first-order valence-corrected chi connectivity index (χ1v) is 8.27. The van der Waals surface area contributed by atoms with Crippen LogP contribution in [0.25, 0.3) is 22.3 Å². The molecule has 0 bridgehead atoms. The van der Waals surface area contributed by atoms with E-state index < -0.39 is 10.1 Å². The van der Waals surface area contributed by atoms with Gasteiger partial charge in [-0.3, -0.25) is 4.79 Å². The van der Waals surface area contributed by atoms with Crippen LogP contribution in [-0.2, 0) is 10.1 Å². The Morgan fingerprint density at radius 1 is 1.00 bits per heavy atom. The van der Waals surface area contributed by atoms with Gasteiger partial charge in [-0.1, -0.05) is 12.1 Å². The van der Waals surface area contributed by atoms with Crippen LogP contribution in [0.5, 0.6) is 5.75 Å². The van der Waals surface area contributed by atoms with E-state index >= 15 is 0 Å². The molecule has 0 atom stereocenters. The SMILES string of the molecule is CS(=O)(=O)Oc1ccc(-c2cc(=O)c3ccccc3o2)cc1. The largest absolute Gasteiger partial charge is 0.456 e. The average Bonchev–Trinajstić information content (AvgIpc) is 2.46. The molecule has 6 heteroatoms. The fourth-order valence-corrected chi connectivity index (χ4v) is 2.56. The van der Waals surface area contributed by atoms with Crippen LogP contribution < -0.4 is 9.61 Å². The summed E-state index contributed by atoms with van der Waals surface area (Å²) in [5.41, 5.74) is 1.03. The summed E-state index contributed by atoms with van der Waals surface area (Å²) in [6, 6.07) is 14.7. The second-order valence-electron chi connectivity index (χ2n) is 4.78. The van der Waals surface area contributed by atoms with Crippen molar-refractivity contribution in [3.05, 3.63) is 64.8 Å². The van der Waals surface area contributed by atoms with E-state index in [0.29, 0.717) is 22.3 Å². The number of hydrogen-bond acceptors (Lipinski definition) is 5. The van der Waals surface area contributed by atoms with Crippen molar-refractivity contribution in [3.8, 4) is 17.1 Å². The van der Waals surface area contributed by atoms with Crippen molar-refractivity contribution in [2.45, 2.75) is 0 Å². The second-order valence-corrected chi connectivity index (χ2v) is 6.36. The van der Waals surface area contributed by atoms with E-state index in [1.807, 2.05) is 0 Å². The maximum Gasteiger partial charge on any atom is 0.306 e. The zero-order valence-corrected chi connectivity index (χ0v) is 12.5. The first kappa shape index (κ1) is 14.3. The summed E-state index contributed by atoms with van der Waals surface area (Å²) >= 11 is 0. The molecule has 0 fully saturated rings. The quantitative estimate of drug-likeness (QED) is 0.695. The van der Waals surface area contributed by atoms with Gasteiger partial charge in [0, 0.05) is 11.6 Å². The molecule has 3 aromatic rings. The molecule has 0 unspecified atom stereocenters. The topological polar surface area (TPSA) is 73.6 Å². The predicted octanol–water partition coefficient (Wildman–Crippen LogP) is 2.80. The van der Waals surface area contributed by atoms with E-state index in [1.54, 1.807) is 36.4 Å². The van der Waals surface area contributed by atoms with Crippen molar-refractivity contribution in [1.82, 2.24) is 0 Å². The first-order valence-electron chi connectivity index (χ1n) is 6.45. The Morgan fingerprint density at radius 2 is 1.68 bits per heavy atom. The molecule has 22 heavy (non-hydrogen) atoms. The van der Waals surface area contributed by atoms with Gasteiger partial charge in [-0.25, -0.2) is 0 Å².